The lowest BCUT2D eigenvalue weighted by Crippen LogP contribution is -2.20. The number of carboxylic acid groups (broad SMARTS) is 1. The third-order valence-electron chi connectivity index (χ3n) is 1.26. The molecule has 0 bridgehead atoms. The maximum absolute atomic E-state index is 10.9. The first kappa shape index (κ1) is 11.9. The van der Waals surface area contributed by atoms with E-state index >= 15 is 0 Å². The second-order valence-electron chi connectivity index (χ2n) is 2.95. The van der Waals surface area contributed by atoms with Crippen LogP contribution in [0.25, 0.3) is 0 Å². The summed E-state index contributed by atoms with van der Waals surface area (Å²) in [5.74, 6) is -1.60. The highest BCUT2D eigenvalue weighted by molar-refractivity contribution is 5.71. The average molecular weight is 190 g/mol. The molecule has 13 heavy (non-hydrogen) atoms. The SMILES string of the molecule is CC(O)CC(=O)OC(C)CC(=O)O. The van der Waals surface area contributed by atoms with Crippen LogP contribution in [0.3, 0.4) is 0 Å². The fourth-order valence-corrected chi connectivity index (χ4v) is 0.801. The number of aliphatic hydroxyl groups is 1. The third-order valence-corrected chi connectivity index (χ3v) is 1.26. The van der Waals surface area contributed by atoms with Crippen molar-refractivity contribution < 1.29 is 24.5 Å². The number of rotatable bonds is 5. The molecule has 76 valence electrons. The van der Waals surface area contributed by atoms with Crippen LogP contribution in [0.4, 0.5) is 0 Å². The van der Waals surface area contributed by atoms with Crippen molar-refractivity contribution in [1.82, 2.24) is 0 Å². The molecule has 0 aromatic heterocycles. The molecule has 2 unspecified atom stereocenters. The fraction of sp³-hybridized carbons (Fsp3) is 0.750. The van der Waals surface area contributed by atoms with Crippen molar-refractivity contribution in [2.24, 2.45) is 0 Å². The van der Waals surface area contributed by atoms with E-state index in [1.165, 1.54) is 13.8 Å². The smallest absolute Gasteiger partial charge is 0.308 e. The Hall–Kier alpha value is -1.10. The summed E-state index contributed by atoms with van der Waals surface area (Å²) in [6, 6.07) is 0. The Morgan fingerprint density at radius 3 is 2.23 bits per heavy atom. The minimum absolute atomic E-state index is 0.107. The van der Waals surface area contributed by atoms with Crippen LogP contribution in [0.1, 0.15) is 26.7 Å². The van der Waals surface area contributed by atoms with Gasteiger partial charge in [-0.2, -0.15) is 0 Å². The van der Waals surface area contributed by atoms with Crippen molar-refractivity contribution in [2.75, 3.05) is 0 Å². The van der Waals surface area contributed by atoms with Gasteiger partial charge in [-0.05, 0) is 13.8 Å². The molecule has 0 heterocycles. The van der Waals surface area contributed by atoms with E-state index in [4.69, 9.17) is 14.9 Å². The highest BCUT2D eigenvalue weighted by atomic mass is 16.5. The van der Waals surface area contributed by atoms with E-state index in [0.717, 1.165) is 0 Å². The van der Waals surface area contributed by atoms with Crippen molar-refractivity contribution in [3.8, 4) is 0 Å². The predicted octanol–water partition coefficient (Wildman–Crippen LogP) is 0.164. The first-order valence-corrected chi connectivity index (χ1v) is 4.01. The number of ether oxygens (including phenoxy) is 1. The summed E-state index contributed by atoms with van der Waals surface area (Å²) in [5.41, 5.74) is 0. The number of esters is 1. The largest absolute Gasteiger partial charge is 0.481 e. The Labute approximate surface area is 76.3 Å². The Kier molecular flexibility index (Phi) is 5.06. The van der Waals surface area contributed by atoms with Gasteiger partial charge in [-0.3, -0.25) is 9.59 Å². The third kappa shape index (κ3) is 7.27. The van der Waals surface area contributed by atoms with Gasteiger partial charge in [0.25, 0.3) is 0 Å². The van der Waals surface area contributed by atoms with Crippen LogP contribution >= 0.6 is 0 Å². The minimum atomic E-state index is -1.02. The van der Waals surface area contributed by atoms with Crippen molar-refractivity contribution in [2.45, 2.75) is 38.9 Å². The van der Waals surface area contributed by atoms with Crippen molar-refractivity contribution >= 4 is 11.9 Å². The molecular weight excluding hydrogens is 176 g/mol. The zero-order valence-corrected chi connectivity index (χ0v) is 7.69. The van der Waals surface area contributed by atoms with Crippen LogP contribution in [0, 0.1) is 0 Å². The summed E-state index contributed by atoms with van der Waals surface area (Å²) in [7, 11) is 0. The second kappa shape index (κ2) is 5.53. The van der Waals surface area contributed by atoms with Gasteiger partial charge in [0.15, 0.2) is 0 Å². The molecule has 0 saturated carbocycles. The molecule has 5 nitrogen and oxygen atoms in total. The van der Waals surface area contributed by atoms with Gasteiger partial charge in [0.1, 0.15) is 6.10 Å². The molecule has 0 aromatic rings. The number of hydrogen-bond donors (Lipinski definition) is 2. The van der Waals surface area contributed by atoms with Crippen LogP contribution in [0.2, 0.25) is 0 Å². The van der Waals surface area contributed by atoms with Gasteiger partial charge in [-0.1, -0.05) is 0 Å². The summed E-state index contributed by atoms with van der Waals surface area (Å²) < 4.78 is 4.69. The second-order valence-corrected chi connectivity index (χ2v) is 2.95. The zero-order valence-electron chi connectivity index (χ0n) is 7.69. The topological polar surface area (TPSA) is 83.8 Å². The Morgan fingerprint density at radius 1 is 1.31 bits per heavy atom. The van der Waals surface area contributed by atoms with Gasteiger partial charge < -0.3 is 14.9 Å². The van der Waals surface area contributed by atoms with Gasteiger partial charge in [-0.25, -0.2) is 0 Å². The maximum Gasteiger partial charge on any atom is 0.308 e. The van der Waals surface area contributed by atoms with Crippen LogP contribution in [0.5, 0.6) is 0 Å². The normalized spacial score (nSPS) is 14.7. The number of carbonyl (C=O) groups excluding carboxylic acids is 1. The van der Waals surface area contributed by atoms with E-state index in [1.54, 1.807) is 0 Å². The summed E-state index contributed by atoms with van der Waals surface area (Å²) in [6.45, 7) is 2.96. The quantitative estimate of drug-likeness (QED) is 0.603. The molecule has 2 N–H and O–H groups in total. The van der Waals surface area contributed by atoms with Crippen molar-refractivity contribution in [3.63, 3.8) is 0 Å². The average Bonchev–Trinajstić information content (AvgIpc) is 1.80. The first-order valence-electron chi connectivity index (χ1n) is 4.01. The number of aliphatic hydroxyl groups excluding tert-OH is 1. The Bertz CT molecular complexity index is 187. The van der Waals surface area contributed by atoms with E-state index in [1.807, 2.05) is 0 Å². The number of hydrogen-bond acceptors (Lipinski definition) is 4. The zero-order chi connectivity index (χ0) is 10.4. The predicted molar refractivity (Wildman–Crippen MR) is 44.1 cm³/mol. The number of carboxylic acids is 1. The Morgan fingerprint density at radius 2 is 1.85 bits per heavy atom. The van der Waals surface area contributed by atoms with Gasteiger partial charge in [0.05, 0.1) is 18.9 Å². The lowest BCUT2D eigenvalue weighted by Gasteiger charge is -2.11. The van der Waals surface area contributed by atoms with Gasteiger partial charge in [-0.15, -0.1) is 0 Å². The summed E-state index contributed by atoms with van der Waals surface area (Å²) in [5, 5.41) is 17.1. The number of aliphatic carboxylic acids is 1. The van der Waals surface area contributed by atoms with E-state index in [0.29, 0.717) is 0 Å². The van der Waals surface area contributed by atoms with E-state index < -0.39 is 24.1 Å². The lowest BCUT2D eigenvalue weighted by molar-refractivity contribution is -0.153. The van der Waals surface area contributed by atoms with Gasteiger partial charge in [0, 0.05) is 0 Å². The molecule has 0 fully saturated rings. The molecular formula is C8H14O5. The number of carbonyl (C=O) groups is 2. The molecule has 0 aromatic carbocycles. The van der Waals surface area contributed by atoms with Gasteiger partial charge in [0.2, 0.25) is 0 Å². The molecule has 0 rings (SSSR count). The summed E-state index contributed by atoms with van der Waals surface area (Å²) in [6.07, 6.45) is -1.73. The molecule has 0 amide bonds. The van der Waals surface area contributed by atoms with Crippen molar-refractivity contribution in [3.05, 3.63) is 0 Å². The van der Waals surface area contributed by atoms with Crippen LogP contribution in [-0.4, -0.2) is 34.4 Å². The molecule has 0 aliphatic carbocycles. The van der Waals surface area contributed by atoms with E-state index in [-0.39, 0.29) is 12.8 Å². The van der Waals surface area contributed by atoms with Crippen LogP contribution in [-0.2, 0) is 14.3 Å². The van der Waals surface area contributed by atoms with Crippen LogP contribution in [0.15, 0.2) is 0 Å². The molecule has 0 aliphatic heterocycles. The van der Waals surface area contributed by atoms with E-state index in [9.17, 15) is 9.59 Å². The fourth-order valence-electron chi connectivity index (χ4n) is 0.801. The monoisotopic (exact) mass is 190 g/mol. The maximum atomic E-state index is 10.9. The van der Waals surface area contributed by atoms with Crippen LogP contribution < -0.4 is 0 Å². The minimum Gasteiger partial charge on any atom is -0.481 e. The van der Waals surface area contributed by atoms with Crippen molar-refractivity contribution in [1.29, 1.82) is 0 Å². The summed E-state index contributed by atoms with van der Waals surface area (Å²) >= 11 is 0. The summed E-state index contributed by atoms with van der Waals surface area (Å²) in [4.78, 5) is 21.0. The first-order chi connectivity index (χ1) is 5.91. The molecule has 2 atom stereocenters. The molecule has 0 aliphatic rings. The van der Waals surface area contributed by atoms with E-state index in [2.05, 4.69) is 0 Å². The molecule has 0 radical (unpaired) electrons. The molecule has 0 spiro atoms. The van der Waals surface area contributed by atoms with Gasteiger partial charge >= 0.3 is 11.9 Å². The Balaban J connectivity index is 3.71. The molecule has 5 heteroatoms. The standard InChI is InChI=1S/C8H14O5/c1-5(9)3-8(12)13-6(2)4-7(10)11/h5-6,9H,3-4H2,1-2H3,(H,10,11). The molecule has 0 saturated heterocycles. The lowest BCUT2D eigenvalue weighted by atomic mass is 10.2. The highest BCUT2D eigenvalue weighted by Gasteiger charge is 2.14. The highest BCUT2D eigenvalue weighted by Crippen LogP contribution is 2.01.